The maximum atomic E-state index is 15.0. The molecule has 170 valence electrons. The molecule has 0 radical (unpaired) electrons. The van der Waals surface area contributed by atoms with Crippen molar-refractivity contribution in [2.45, 2.75) is 20.0 Å². The van der Waals surface area contributed by atoms with Gasteiger partial charge in [-0.05, 0) is 25.1 Å². The third-order valence-electron chi connectivity index (χ3n) is 5.31. The number of benzene rings is 1. The monoisotopic (exact) mass is 478 g/mol. The van der Waals surface area contributed by atoms with Crippen LogP contribution in [0.15, 0.2) is 18.2 Å². The molecule has 1 aromatic heterocycles. The first-order valence-corrected chi connectivity index (χ1v) is 11.4. The number of piperazine rings is 1. The Hall–Kier alpha value is -2.86. The number of hydrogen-bond acceptors (Lipinski definition) is 8. The normalized spacial score (nSPS) is 18.7. The minimum absolute atomic E-state index is 0.200. The van der Waals surface area contributed by atoms with Gasteiger partial charge in [-0.2, -0.15) is 0 Å². The number of aromatic nitrogens is 2. The van der Waals surface area contributed by atoms with Gasteiger partial charge < -0.3 is 19.9 Å². The van der Waals surface area contributed by atoms with Crippen LogP contribution >= 0.6 is 23.6 Å². The number of aryl methyl sites for hydroxylation is 1. The van der Waals surface area contributed by atoms with E-state index in [2.05, 4.69) is 20.4 Å². The van der Waals surface area contributed by atoms with Crippen molar-refractivity contribution in [2.75, 3.05) is 49.1 Å². The zero-order chi connectivity index (χ0) is 22.8. The van der Waals surface area contributed by atoms with Crippen molar-refractivity contribution < 1.29 is 18.7 Å². The van der Waals surface area contributed by atoms with Crippen molar-refractivity contribution >= 4 is 51.9 Å². The van der Waals surface area contributed by atoms with Crippen molar-refractivity contribution in [1.29, 1.82) is 0 Å². The van der Waals surface area contributed by atoms with E-state index in [4.69, 9.17) is 17.0 Å². The quantitative estimate of drug-likeness (QED) is 0.652. The fraction of sp³-hybridized carbons (Fsp3) is 0.450. The Bertz CT molecular complexity index is 1040. The van der Waals surface area contributed by atoms with Gasteiger partial charge in [0.15, 0.2) is 5.01 Å². The van der Waals surface area contributed by atoms with Crippen molar-refractivity contribution in [1.82, 2.24) is 20.4 Å². The predicted octanol–water partition coefficient (Wildman–Crippen LogP) is 1.94. The van der Waals surface area contributed by atoms with E-state index >= 15 is 0 Å². The minimum atomic E-state index is -0.554. The Morgan fingerprint density at radius 3 is 2.69 bits per heavy atom. The highest BCUT2D eigenvalue weighted by Gasteiger charge is 2.33. The summed E-state index contributed by atoms with van der Waals surface area (Å²) in [5.74, 6) is -0.606. The van der Waals surface area contributed by atoms with Gasteiger partial charge in [-0.15, -0.1) is 10.2 Å². The van der Waals surface area contributed by atoms with Gasteiger partial charge in [-0.25, -0.2) is 9.18 Å². The van der Waals surface area contributed by atoms with Crippen LogP contribution in [0.4, 0.5) is 20.6 Å². The number of cyclic esters (lactones) is 1. The molecule has 1 atom stereocenters. The Labute approximate surface area is 194 Å². The van der Waals surface area contributed by atoms with E-state index in [1.54, 1.807) is 12.1 Å². The molecule has 0 saturated carbocycles. The average Bonchev–Trinajstić information content (AvgIpc) is 3.37. The van der Waals surface area contributed by atoms with Crippen LogP contribution in [0.2, 0.25) is 0 Å². The second kappa shape index (κ2) is 9.33. The molecule has 0 bridgehead atoms. The van der Waals surface area contributed by atoms with Gasteiger partial charge in [0.2, 0.25) is 5.91 Å². The molecule has 2 aliphatic heterocycles. The standard InChI is InChI=1S/C20H23FN6O3S2/c1-12(28)22-10-15-11-27(20(29)30-15)14-3-4-17(16(21)9-14)25-5-7-26(8-6-25)19(31)18-24-23-13(2)32-18/h3-4,9,15H,5-8,10-11H2,1-2H3,(H,22,28). The number of carbonyl (C=O) groups excluding carboxylic acids is 2. The summed E-state index contributed by atoms with van der Waals surface area (Å²) in [5.41, 5.74) is 0.904. The number of halogens is 1. The van der Waals surface area contributed by atoms with Crippen molar-refractivity contribution in [3.8, 4) is 0 Å². The summed E-state index contributed by atoms with van der Waals surface area (Å²) in [6.07, 6.45) is -1.02. The zero-order valence-electron chi connectivity index (χ0n) is 17.7. The van der Waals surface area contributed by atoms with Gasteiger partial charge in [0.1, 0.15) is 21.9 Å². The minimum Gasteiger partial charge on any atom is -0.442 e. The highest BCUT2D eigenvalue weighted by molar-refractivity contribution is 7.81. The first-order valence-electron chi connectivity index (χ1n) is 10.2. The molecular weight excluding hydrogens is 455 g/mol. The van der Waals surface area contributed by atoms with Crippen LogP contribution in [0.25, 0.3) is 0 Å². The number of thiocarbonyl (C=S) groups is 1. The van der Waals surface area contributed by atoms with Crippen molar-refractivity contribution in [3.63, 3.8) is 0 Å². The number of amides is 2. The first kappa shape index (κ1) is 22.3. The second-order valence-electron chi connectivity index (χ2n) is 7.59. The lowest BCUT2D eigenvalue weighted by atomic mass is 10.2. The molecule has 0 aliphatic carbocycles. The van der Waals surface area contributed by atoms with E-state index in [1.807, 2.05) is 11.8 Å². The van der Waals surface area contributed by atoms with Crippen LogP contribution in [0.1, 0.15) is 16.9 Å². The van der Waals surface area contributed by atoms with Crippen LogP contribution in [0.3, 0.4) is 0 Å². The van der Waals surface area contributed by atoms with Gasteiger partial charge in [0.05, 0.1) is 24.5 Å². The molecule has 3 heterocycles. The number of hydrogen-bond donors (Lipinski definition) is 1. The maximum absolute atomic E-state index is 15.0. The summed E-state index contributed by atoms with van der Waals surface area (Å²) in [6, 6.07) is 4.74. The lowest BCUT2D eigenvalue weighted by Gasteiger charge is -2.37. The lowest BCUT2D eigenvalue weighted by molar-refractivity contribution is -0.119. The van der Waals surface area contributed by atoms with E-state index in [0.29, 0.717) is 42.5 Å². The van der Waals surface area contributed by atoms with E-state index in [-0.39, 0.29) is 19.0 Å². The van der Waals surface area contributed by atoms with Crippen LogP contribution < -0.4 is 15.1 Å². The van der Waals surface area contributed by atoms with Crippen LogP contribution in [0.5, 0.6) is 0 Å². The van der Waals surface area contributed by atoms with E-state index in [1.165, 1.54) is 29.2 Å². The Balaban J connectivity index is 1.37. The van der Waals surface area contributed by atoms with Gasteiger partial charge in [-0.1, -0.05) is 23.6 Å². The topological polar surface area (TPSA) is 90.9 Å². The third kappa shape index (κ3) is 4.80. The van der Waals surface area contributed by atoms with Gasteiger partial charge in [-0.3, -0.25) is 9.69 Å². The average molecular weight is 479 g/mol. The Morgan fingerprint density at radius 1 is 1.31 bits per heavy atom. The molecule has 9 nitrogen and oxygen atoms in total. The molecule has 2 amide bonds. The maximum Gasteiger partial charge on any atom is 0.414 e. The molecule has 0 spiro atoms. The highest BCUT2D eigenvalue weighted by Crippen LogP contribution is 2.29. The zero-order valence-corrected chi connectivity index (χ0v) is 19.3. The Kier molecular flexibility index (Phi) is 6.51. The van der Waals surface area contributed by atoms with Gasteiger partial charge in [0.25, 0.3) is 0 Å². The second-order valence-corrected chi connectivity index (χ2v) is 9.16. The molecule has 2 saturated heterocycles. The largest absolute Gasteiger partial charge is 0.442 e. The molecule has 32 heavy (non-hydrogen) atoms. The summed E-state index contributed by atoms with van der Waals surface area (Å²) in [6.45, 7) is 6.29. The molecule has 2 fully saturated rings. The summed E-state index contributed by atoms with van der Waals surface area (Å²) in [7, 11) is 0. The van der Waals surface area contributed by atoms with Crippen LogP contribution in [-0.2, 0) is 9.53 Å². The van der Waals surface area contributed by atoms with E-state index in [0.717, 1.165) is 10.0 Å². The number of ether oxygens (including phenoxy) is 1. The first-order chi connectivity index (χ1) is 15.3. The Morgan fingerprint density at radius 2 is 2.06 bits per heavy atom. The summed E-state index contributed by atoms with van der Waals surface area (Å²) in [5, 5.41) is 12.3. The summed E-state index contributed by atoms with van der Waals surface area (Å²) in [4.78, 5) is 29.3. The number of carbonyl (C=O) groups is 2. The van der Waals surface area contributed by atoms with Crippen molar-refractivity contribution in [3.05, 3.63) is 34.0 Å². The highest BCUT2D eigenvalue weighted by atomic mass is 32.1. The number of anilines is 2. The molecule has 4 rings (SSSR count). The van der Waals surface area contributed by atoms with E-state index < -0.39 is 18.0 Å². The summed E-state index contributed by atoms with van der Waals surface area (Å²) < 4.78 is 20.2. The molecule has 12 heteroatoms. The SMILES string of the molecule is CC(=O)NCC1CN(c2ccc(N3CCN(C(=S)c4nnc(C)s4)CC3)c(F)c2)C(=O)O1. The smallest absolute Gasteiger partial charge is 0.414 e. The fourth-order valence-electron chi connectivity index (χ4n) is 3.69. The van der Waals surface area contributed by atoms with Crippen molar-refractivity contribution in [2.24, 2.45) is 0 Å². The van der Waals surface area contributed by atoms with Gasteiger partial charge >= 0.3 is 6.09 Å². The van der Waals surface area contributed by atoms with Gasteiger partial charge in [0, 0.05) is 33.1 Å². The third-order valence-corrected chi connectivity index (χ3v) is 6.74. The molecule has 2 aliphatic rings. The lowest BCUT2D eigenvalue weighted by Crippen LogP contribution is -2.48. The van der Waals surface area contributed by atoms with Crippen LogP contribution in [0, 0.1) is 12.7 Å². The summed E-state index contributed by atoms with van der Waals surface area (Å²) >= 11 is 7.00. The molecule has 1 aromatic carbocycles. The van der Waals surface area contributed by atoms with Crippen LogP contribution in [-0.4, -0.2) is 77.5 Å². The number of nitrogens with zero attached hydrogens (tertiary/aromatic N) is 5. The molecular formula is C20H23FN6O3S2. The number of nitrogens with one attached hydrogen (secondary N) is 1. The number of rotatable bonds is 5. The predicted molar refractivity (Wildman–Crippen MR) is 123 cm³/mol. The van der Waals surface area contributed by atoms with E-state index in [9.17, 15) is 14.0 Å². The molecule has 2 aromatic rings. The fourth-order valence-corrected chi connectivity index (χ4v) is 4.69. The molecule has 1 unspecified atom stereocenters. The molecule has 1 N–H and O–H groups in total.